The fraction of sp³-hybridized carbons (Fsp3) is 0.125. The van der Waals surface area contributed by atoms with Crippen LogP contribution in [0.25, 0.3) is 11.0 Å². The van der Waals surface area contributed by atoms with Crippen LogP contribution in [0, 0.1) is 5.82 Å². The summed E-state index contributed by atoms with van der Waals surface area (Å²) in [5.41, 5.74) is 0.667. The van der Waals surface area contributed by atoms with E-state index in [4.69, 9.17) is 30.2 Å². The molecule has 0 fully saturated rings. The Kier molecular flexibility index (Phi) is 6.09. The first kappa shape index (κ1) is 20.8. The van der Waals surface area contributed by atoms with E-state index in [1.807, 2.05) is 13.0 Å². The van der Waals surface area contributed by atoms with Crippen molar-refractivity contribution in [2.45, 2.75) is 13.5 Å². The third-order valence-corrected chi connectivity index (χ3v) is 4.84. The van der Waals surface area contributed by atoms with Crippen LogP contribution in [-0.4, -0.2) is 6.61 Å². The van der Waals surface area contributed by atoms with E-state index in [1.165, 1.54) is 18.4 Å². The van der Waals surface area contributed by atoms with Gasteiger partial charge in [0.05, 0.1) is 17.0 Å². The van der Waals surface area contributed by atoms with Crippen LogP contribution in [0.2, 0.25) is 5.02 Å². The second-order valence-electron chi connectivity index (χ2n) is 6.59. The zero-order valence-corrected chi connectivity index (χ0v) is 17.3. The lowest BCUT2D eigenvalue weighted by Gasteiger charge is -2.11. The molecule has 0 radical (unpaired) electrons. The first-order valence-corrected chi connectivity index (χ1v) is 9.95. The lowest BCUT2D eigenvalue weighted by atomic mass is 10.2. The second-order valence-corrected chi connectivity index (χ2v) is 7.00. The number of hydrogen-bond donors (Lipinski definition) is 0. The summed E-state index contributed by atoms with van der Waals surface area (Å²) in [6, 6.07) is 16.0. The van der Waals surface area contributed by atoms with Crippen molar-refractivity contribution in [1.82, 2.24) is 0 Å². The lowest BCUT2D eigenvalue weighted by Crippen LogP contribution is -2.06. The van der Waals surface area contributed by atoms with Gasteiger partial charge in [0.2, 0.25) is 11.2 Å². The zero-order chi connectivity index (χ0) is 21.8. The highest BCUT2D eigenvalue weighted by Crippen LogP contribution is 2.31. The van der Waals surface area contributed by atoms with Crippen molar-refractivity contribution >= 4 is 22.6 Å². The fourth-order valence-corrected chi connectivity index (χ4v) is 3.20. The van der Waals surface area contributed by atoms with Gasteiger partial charge in [0.1, 0.15) is 30.0 Å². The van der Waals surface area contributed by atoms with Crippen LogP contribution in [0.1, 0.15) is 12.5 Å². The highest BCUT2D eigenvalue weighted by Gasteiger charge is 2.13. The Hall–Kier alpha value is -3.51. The van der Waals surface area contributed by atoms with Crippen LogP contribution in [0.15, 0.2) is 76.1 Å². The Balaban J connectivity index is 1.56. The Morgan fingerprint density at radius 3 is 2.55 bits per heavy atom. The normalized spacial score (nSPS) is 10.8. The van der Waals surface area contributed by atoms with Gasteiger partial charge in [0, 0.05) is 11.6 Å². The number of rotatable bonds is 7. The molecule has 31 heavy (non-hydrogen) atoms. The molecule has 158 valence electrons. The standard InChI is InChI=1S/C24H18ClFO5/c1-2-28-20-5-3-4-6-21(20)31-23-14-30-22-12-17(9-10-18(22)24(23)27)29-13-15-7-8-16(26)11-19(15)25/h3-12,14H,2,13H2,1H3. The van der Waals surface area contributed by atoms with Crippen molar-refractivity contribution in [2.24, 2.45) is 0 Å². The molecule has 1 heterocycles. The van der Waals surface area contributed by atoms with Crippen molar-refractivity contribution < 1.29 is 23.0 Å². The lowest BCUT2D eigenvalue weighted by molar-refractivity contribution is 0.306. The SMILES string of the molecule is CCOc1ccccc1Oc1coc2cc(OCc3ccc(F)cc3Cl)ccc2c1=O. The van der Waals surface area contributed by atoms with Gasteiger partial charge in [-0.15, -0.1) is 0 Å². The molecule has 1 aromatic heterocycles. The van der Waals surface area contributed by atoms with Gasteiger partial charge in [-0.25, -0.2) is 4.39 Å². The van der Waals surface area contributed by atoms with Crippen LogP contribution < -0.4 is 19.6 Å². The minimum absolute atomic E-state index is 0.0476. The largest absolute Gasteiger partial charge is 0.490 e. The molecule has 3 aromatic carbocycles. The number of hydrogen-bond acceptors (Lipinski definition) is 5. The third kappa shape index (κ3) is 4.64. The first-order valence-electron chi connectivity index (χ1n) is 9.57. The third-order valence-electron chi connectivity index (χ3n) is 4.49. The minimum atomic E-state index is -0.414. The number of para-hydroxylation sites is 2. The summed E-state index contributed by atoms with van der Waals surface area (Å²) < 4.78 is 35.8. The summed E-state index contributed by atoms with van der Waals surface area (Å²) >= 11 is 6.02. The fourth-order valence-electron chi connectivity index (χ4n) is 2.98. The van der Waals surface area contributed by atoms with Gasteiger partial charge in [-0.3, -0.25) is 4.79 Å². The smallest absolute Gasteiger partial charge is 0.235 e. The average Bonchev–Trinajstić information content (AvgIpc) is 2.76. The van der Waals surface area contributed by atoms with Crippen LogP contribution >= 0.6 is 11.6 Å². The van der Waals surface area contributed by atoms with Crippen molar-refractivity contribution in [3.63, 3.8) is 0 Å². The molecule has 0 bridgehead atoms. The molecule has 0 aliphatic rings. The van der Waals surface area contributed by atoms with Crippen LogP contribution in [0.4, 0.5) is 4.39 Å². The summed E-state index contributed by atoms with van der Waals surface area (Å²) in [6.45, 7) is 2.48. The summed E-state index contributed by atoms with van der Waals surface area (Å²) in [6.07, 6.45) is 1.26. The van der Waals surface area contributed by atoms with E-state index in [-0.39, 0.29) is 22.8 Å². The molecule has 4 rings (SSSR count). The van der Waals surface area contributed by atoms with E-state index in [1.54, 1.807) is 42.5 Å². The summed E-state index contributed by atoms with van der Waals surface area (Å²) in [4.78, 5) is 12.8. The van der Waals surface area contributed by atoms with Gasteiger partial charge in [0.25, 0.3) is 0 Å². The Bertz CT molecular complexity index is 1280. The van der Waals surface area contributed by atoms with Crippen molar-refractivity contribution in [1.29, 1.82) is 0 Å². The Morgan fingerprint density at radius 1 is 0.968 bits per heavy atom. The molecule has 0 saturated carbocycles. The number of ether oxygens (including phenoxy) is 3. The molecule has 4 aromatic rings. The zero-order valence-electron chi connectivity index (χ0n) is 16.6. The number of fused-ring (bicyclic) bond motifs is 1. The predicted octanol–water partition coefficient (Wildman–Crippen LogP) is 6.36. The second kappa shape index (κ2) is 9.10. The molecule has 7 heteroatoms. The quantitative estimate of drug-likeness (QED) is 0.335. The molecule has 0 atom stereocenters. The molecule has 0 unspecified atom stereocenters. The monoisotopic (exact) mass is 440 g/mol. The summed E-state index contributed by atoms with van der Waals surface area (Å²) in [5.74, 6) is 1.07. The summed E-state index contributed by atoms with van der Waals surface area (Å²) in [5, 5.41) is 0.625. The Labute approximate surface area is 182 Å². The van der Waals surface area contributed by atoms with Crippen molar-refractivity contribution in [2.75, 3.05) is 6.61 Å². The molecule has 0 spiro atoms. The van der Waals surface area contributed by atoms with E-state index in [9.17, 15) is 9.18 Å². The highest BCUT2D eigenvalue weighted by molar-refractivity contribution is 6.31. The van der Waals surface area contributed by atoms with Crippen LogP contribution in [-0.2, 0) is 6.61 Å². The van der Waals surface area contributed by atoms with E-state index in [0.717, 1.165) is 0 Å². The van der Waals surface area contributed by atoms with Gasteiger partial charge in [-0.2, -0.15) is 0 Å². The molecular weight excluding hydrogens is 423 g/mol. The van der Waals surface area contributed by atoms with E-state index >= 15 is 0 Å². The van der Waals surface area contributed by atoms with Gasteiger partial charge in [-0.1, -0.05) is 29.8 Å². The first-order chi connectivity index (χ1) is 15.0. The maximum absolute atomic E-state index is 13.2. The molecule has 0 saturated heterocycles. The van der Waals surface area contributed by atoms with E-state index in [2.05, 4.69) is 0 Å². The molecule has 0 N–H and O–H groups in total. The van der Waals surface area contributed by atoms with Gasteiger partial charge >= 0.3 is 0 Å². The minimum Gasteiger partial charge on any atom is -0.490 e. The topological polar surface area (TPSA) is 57.9 Å². The molecule has 0 amide bonds. The van der Waals surface area contributed by atoms with E-state index < -0.39 is 5.82 Å². The highest BCUT2D eigenvalue weighted by atomic mass is 35.5. The van der Waals surface area contributed by atoms with Crippen molar-refractivity contribution in [3.05, 3.63) is 93.6 Å². The van der Waals surface area contributed by atoms with Crippen LogP contribution in [0.3, 0.4) is 0 Å². The van der Waals surface area contributed by atoms with Crippen LogP contribution in [0.5, 0.6) is 23.0 Å². The molecule has 5 nitrogen and oxygen atoms in total. The molecular formula is C24H18ClFO5. The van der Waals surface area contributed by atoms with Gasteiger partial charge in [-0.05, 0) is 43.3 Å². The van der Waals surface area contributed by atoms with E-state index in [0.29, 0.717) is 40.4 Å². The van der Waals surface area contributed by atoms with Crippen molar-refractivity contribution in [3.8, 4) is 23.0 Å². The average molecular weight is 441 g/mol. The van der Waals surface area contributed by atoms with Gasteiger partial charge < -0.3 is 18.6 Å². The maximum atomic E-state index is 13.2. The summed E-state index contributed by atoms with van der Waals surface area (Å²) in [7, 11) is 0. The maximum Gasteiger partial charge on any atom is 0.235 e. The van der Waals surface area contributed by atoms with Gasteiger partial charge in [0.15, 0.2) is 11.5 Å². The number of benzene rings is 3. The Morgan fingerprint density at radius 2 is 1.77 bits per heavy atom. The predicted molar refractivity (Wildman–Crippen MR) is 116 cm³/mol. The molecule has 0 aliphatic carbocycles. The molecule has 0 aliphatic heterocycles. The number of halogens is 2.